The number of carboxylic acids is 1. The standard InChI is InChI=1S/C13H15ClO5/c1-7-3-8(5-10(14)12(7)17)4-9(6-11(15)16)13(18)19-2/h3,5,9,17H,4,6H2,1-2H3,(H,15,16). The quantitative estimate of drug-likeness (QED) is 0.810. The number of aryl methyl sites for hydroxylation is 1. The van der Waals surface area contributed by atoms with Crippen molar-refractivity contribution in [2.75, 3.05) is 7.11 Å². The predicted molar refractivity (Wildman–Crippen MR) is 69.3 cm³/mol. The van der Waals surface area contributed by atoms with Gasteiger partial charge in [0.05, 0.1) is 24.5 Å². The molecule has 5 nitrogen and oxygen atoms in total. The number of esters is 1. The van der Waals surface area contributed by atoms with Crippen LogP contribution in [0.2, 0.25) is 5.02 Å². The number of ether oxygens (including phenoxy) is 1. The van der Waals surface area contributed by atoms with Crippen molar-refractivity contribution in [3.8, 4) is 5.75 Å². The number of methoxy groups -OCH3 is 1. The van der Waals surface area contributed by atoms with Gasteiger partial charge in [-0.15, -0.1) is 0 Å². The van der Waals surface area contributed by atoms with Crippen molar-refractivity contribution in [3.63, 3.8) is 0 Å². The lowest BCUT2D eigenvalue weighted by atomic mass is 9.95. The summed E-state index contributed by atoms with van der Waals surface area (Å²) in [4.78, 5) is 22.3. The lowest BCUT2D eigenvalue weighted by Crippen LogP contribution is -2.22. The molecule has 1 rings (SSSR count). The van der Waals surface area contributed by atoms with Gasteiger partial charge in [-0.2, -0.15) is 0 Å². The van der Waals surface area contributed by atoms with E-state index in [1.165, 1.54) is 13.2 Å². The molecule has 1 unspecified atom stereocenters. The summed E-state index contributed by atoms with van der Waals surface area (Å²) in [5, 5.41) is 18.5. The van der Waals surface area contributed by atoms with E-state index in [1.54, 1.807) is 13.0 Å². The van der Waals surface area contributed by atoms with Crippen LogP contribution in [-0.2, 0) is 20.7 Å². The Labute approximate surface area is 115 Å². The fourth-order valence-electron chi connectivity index (χ4n) is 1.83. The Hall–Kier alpha value is -1.75. The first-order valence-corrected chi connectivity index (χ1v) is 6.00. The van der Waals surface area contributed by atoms with Gasteiger partial charge >= 0.3 is 11.9 Å². The molecule has 19 heavy (non-hydrogen) atoms. The van der Waals surface area contributed by atoms with Crippen molar-refractivity contribution in [2.24, 2.45) is 5.92 Å². The van der Waals surface area contributed by atoms with Crippen LogP contribution in [0.4, 0.5) is 0 Å². The zero-order valence-electron chi connectivity index (χ0n) is 10.6. The maximum atomic E-state index is 11.5. The van der Waals surface area contributed by atoms with Crippen molar-refractivity contribution in [1.82, 2.24) is 0 Å². The Morgan fingerprint density at radius 2 is 2.05 bits per heavy atom. The SMILES string of the molecule is COC(=O)C(CC(=O)O)Cc1cc(C)c(O)c(Cl)c1. The van der Waals surface area contributed by atoms with E-state index in [-0.39, 0.29) is 23.6 Å². The Morgan fingerprint density at radius 3 is 2.53 bits per heavy atom. The molecule has 0 aromatic heterocycles. The largest absolute Gasteiger partial charge is 0.506 e. The number of phenolic OH excluding ortho intramolecular Hbond substituents is 1. The van der Waals surface area contributed by atoms with Gasteiger partial charge in [0.1, 0.15) is 5.75 Å². The molecule has 0 saturated carbocycles. The number of halogens is 1. The zero-order chi connectivity index (χ0) is 14.6. The average molecular weight is 287 g/mol. The third-order valence-corrected chi connectivity index (χ3v) is 3.04. The molecule has 0 spiro atoms. The van der Waals surface area contributed by atoms with E-state index >= 15 is 0 Å². The van der Waals surface area contributed by atoms with Crippen molar-refractivity contribution in [2.45, 2.75) is 19.8 Å². The van der Waals surface area contributed by atoms with Gasteiger partial charge in [0.15, 0.2) is 0 Å². The Balaban J connectivity index is 2.96. The third-order valence-electron chi connectivity index (χ3n) is 2.75. The summed E-state index contributed by atoms with van der Waals surface area (Å²) >= 11 is 5.84. The van der Waals surface area contributed by atoms with Crippen LogP contribution in [0.15, 0.2) is 12.1 Å². The minimum atomic E-state index is -1.07. The first kappa shape index (κ1) is 15.3. The summed E-state index contributed by atoms with van der Waals surface area (Å²) in [5.41, 5.74) is 1.25. The average Bonchev–Trinajstić information content (AvgIpc) is 2.33. The van der Waals surface area contributed by atoms with Gasteiger partial charge in [0.2, 0.25) is 0 Å². The number of hydrogen-bond donors (Lipinski definition) is 2. The minimum Gasteiger partial charge on any atom is -0.506 e. The van der Waals surface area contributed by atoms with E-state index in [9.17, 15) is 14.7 Å². The molecule has 1 aromatic rings. The van der Waals surface area contributed by atoms with Crippen molar-refractivity contribution in [3.05, 3.63) is 28.3 Å². The topological polar surface area (TPSA) is 83.8 Å². The zero-order valence-corrected chi connectivity index (χ0v) is 11.4. The molecule has 104 valence electrons. The number of aliphatic carboxylic acids is 1. The first-order chi connectivity index (χ1) is 8.85. The molecule has 0 saturated heterocycles. The second-order valence-electron chi connectivity index (χ2n) is 4.27. The van der Waals surface area contributed by atoms with Gasteiger partial charge in [-0.05, 0) is 30.5 Å². The van der Waals surface area contributed by atoms with Crippen LogP contribution in [0.1, 0.15) is 17.5 Å². The number of carbonyl (C=O) groups excluding carboxylic acids is 1. The molecule has 0 bridgehead atoms. The molecule has 0 fully saturated rings. The first-order valence-electron chi connectivity index (χ1n) is 5.62. The van der Waals surface area contributed by atoms with E-state index in [0.29, 0.717) is 11.1 Å². The lowest BCUT2D eigenvalue weighted by Gasteiger charge is -2.13. The highest BCUT2D eigenvalue weighted by molar-refractivity contribution is 6.32. The normalized spacial score (nSPS) is 11.9. The molecule has 1 aromatic carbocycles. The minimum absolute atomic E-state index is 0.0155. The molecular formula is C13H15ClO5. The van der Waals surface area contributed by atoms with Gasteiger partial charge < -0.3 is 14.9 Å². The van der Waals surface area contributed by atoms with Crippen LogP contribution in [0.3, 0.4) is 0 Å². The van der Waals surface area contributed by atoms with E-state index in [0.717, 1.165) is 0 Å². The van der Waals surface area contributed by atoms with Crippen LogP contribution in [0.25, 0.3) is 0 Å². The van der Waals surface area contributed by atoms with Gasteiger partial charge in [-0.3, -0.25) is 9.59 Å². The van der Waals surface area contributed by atoms with Crippen molar-refractivity contribution >= 4 is 23.5 Å². The smallest absolute Gasteiger partial charge is 0.309 e. The molecule has 0 aliphatic heterocycles. The van der Waals surface area contributed by atoms with Crippen LogP contribution in [-0.4, -0.2) is 29.3 Å². The summed E-state index contributed by atoms with van der Waals surface area (Å²) < 4.78 is 4.59. The number of carboxylic acid groups (broad SMARTS) is 1. The van der Waals surface area contributed by atoms with Crippen LogP contribution >= 0.6 is 11.6 Å². The number of rotatable bonds is 5. The number of phenols is 1. The number of aromatic hydroxyl groups is 1. The van der Waals surface area contributed by atoms with E-state index in [2.05, 4.69) is 4.74 Å². The van der Waals surface area contributed by atoms with Crippen LogP contribution in [0, 0.1) is 12.8 Å². The molecule has 0 radical (unpaired) electrons. The van der Waals surface area contributed by atoms with Gasteiger partial charge in [0.25, 0.3) is 0 Å². The van der Waals surface area contributed by atoms with Crippen LogP contribution < -0.4 is 0 Å². The van der Waals surface area contributed by atoms with E-state index in [4.69, 9.17) is 16.7 Å². The van der Waals surface area contributed by atoms with E-state index in [1.807, 2.05) is 0 Å². The maximum Gasteiger partial charge on any atom is 0.309 e. The van der Waals surface area contributed by atoms with E-state index < -0.39 is 17.9 Å². The highest BCUT2D eigenvalue weighted by Crippen LogP contribution is 2.29. The van der Waals surface area contributed by atoms with Crippen LogP contribution in [0.5, 0.6) is 5.75 Å². The van der Waals surface area contributed by atoms with Gasteiger partial charge in [-0.25, -0.2) is 0 Å². The Kier molecular flexibility index (Phi) is 5.18. The molecule has 6 heteroatoms. The summed E-state index contributed by atoms with van der Waals surface area (Å²) in [6.45, 7) is 1.68. The summed E-state index contributed by atoms with van der Waals surface area (Å²) in [6, 6.07) is 3.18. The second kappa shape index (κ2) is 6.43. The second-order valence-corrected chi connectivity index (χ2v) is 4.67. The number of carbonyl (C=O) groups is 2. The summed E-state index contributed by atoms with van der Waals surface area (Å²) in [5.74, 6) is -2.44. The highest BCUT2D eigenvalue weighted by atomic mass is 35.5. The predicted octanol–water partition coefficient (Wildman–Crippen LogP) is 2.16. The fourth-order valence-corrected chi connectivity index (χ4v) is 2.12. The van der Waals surface area contributed by atoms with Crippen molar-refractivity contribution in [1.29, 1.82) is 0 Å². The number of benzene rings is 1. The number of hydrogen-bond acceptors (Lipinski definition) is 4. The Bertz CT molecular complexity index is 475. The maximum absolute atomic E-state index is 11.5. The summed E-state index contributed by atoms with van der Waals surface area (Å²) in [6.07, 6.45) is -0.121. The molecule has 0 heterocycles. The van der Waals surface area contributed by atoms with Gasteiger partial charge in [-0.1, -0.05) is 17.7 Å². The molecule has 2 N–H and O–H groups in total. The molecule has 1 atom stereocenters. The molecule has 0 amide bonds. The molecule has 0 aliphatic carbocycles. The van der Waals surface area contributed by atoms with Crippen molar-refractivity contribution < 1.29 is 24.5 Å². The fraction of sp³-hybridized carbons (Fsp3) is 0.385. The Morgan fingerprint density at radius 1 is 1.42 bits per heavy atom. The highest BCUT2D eigenvalue weighted by Gasteiger charge is 2.23. The molecule has 0 aliphatic rings. The summed E-state index contributed by atoms with van der Waals surface area (Å²) in [7, 11) is 1.21. The third kappa shape index (κ3) is 4.13. The lowest BCUT2D eigenvalue weighted by molar-refractivity contribution is -0.150. The molecular weight excluding hydrogens is 272 g/mol. The van der Waals surface area contributed by atoms with Gasteiger partial charge in [0, 0.05) is 0 Å². The monoisotopic (exact) mass is 286 g/mol.